The molecule has 25 heavy (non-hydrogen) atoms. The lowest BCUT2D eigenvalue weighted by Crippen LogP contribution is -2.43. The number of anilines is 1. The highest BCUT2D eigenvalue weighted by Crippen LogP contribution is 2.23. The Balaban J connectivity index is 2.26. The lowest BCUT2D eigenvalue weighted by Gasteiger charge is -2.19. The fourth-order valence-electron chi connectivity index (χ4n) is 2.21. The normalized spacial score (nSPS) is 11.2. The van der Waals surface area contributed by atoms with Crippen LogP contribution in [0.15, 0.2) is 54.6 Å². The molecule has 0 bridgehead atoms. The fourth-order valence-corrected chi connectivity index (χ4v) is 2.21. The molecule has 0 saturated carbocycles. The van der Waals surface area contributed by atoms with Crippen LogP contribution >= 0.6 is 0 Å². The number of hydrogen-bond acceptors (Lipinski definition) is 5. The second kappa shape index (κ2) is 8.44. The summed E-state index contributed by atoms with van der Waals surface area (Å²) in [4.78, 5) is 34.5. The van der Waals surface area contributed by atoms with Crippen LogP contribution in [0.25, 0.3) is 0 Å². The SMILES string of the molecule is CCNC(=O)NC(=O)[C@@H](Nc1cccc([N+](=O)[O-])c1)c1ccccc1. The molecule has 0 unspecified atom stereocenters. The first-order valence-corrected chi connectivity index (χ1v) is 7.66. The number of hydrogen-bond donors (Lipinski definition) is 3. The summed E-state index contributed by atoms with van der Waals surface area (Å²) < 4.78 is 0. The third-order valence-corrected chi connectivity index (χ3v) is 3.34. The second-order valence-corrected chi connectivity index (χ2v) is 5.14. The lowest BCUT2D eigenvalue weighted by atomic mass is 10.1. The lowest BCUT2D eigenvalue weighted by molar-refractivity contribution is -0.384. The van der Waals surface area contributed by atoms with Gasteiger partial charge in [-0.05, 0) is 18.6 Å². The predicted molar refractivity (Wildman–Crippen MR) is 93.1 cm³/mol. The molecular formula is C17H18N4O4. The Hall–Kier alpha value is -3.42. The van der Waals surface area contributed by atoms with Gasteiger partial charge in [0.1, 0.15) is 6.04 Å². The van der Waals surface area contributed by atoms with Gasteiger partial charge in [0.15, 0.2) is 0 Å². The minimum atomic E-state index is -0.884. The van der Waals surface area contributed by atoms with Gasteiger partial charge < -0.3 is 10.6 Å². The Labute approximate surface area is 144 Å². The maximum Gasteiger partial charge on any atom is 0.321 e. The topological polar surface area (TPSA) is 113 Å². The Morgan fingerprint density at radius 1 is 1.12 bits per heavy atom. The smallest absolute Gasteiger partial charge is 0.321 e. The van der Waals surface area contributed by atoms with Crippen molar-refractivity contribution in [3.8, 4) is 0 Å². The summed E-state index contributed by atoms with van der Waals surface area (Å²) >= 11 is 0. The molecule has 2 aromatic carbocycles. The van der Waals surface area contributed by atoms with Crippen molar-refractivity contribution < 1.29 is 14.5 Å². The zero-order chi connectivity index (χ0) is 18.2. The molecule has 0 aliphatic rings. The number of carbonyl (C=O) groups excluding carboxylic acids is 2. The van der Waals surface area contributed by atoms with E-state index >= 15 is 0 Å². The summed E-state index contributed by atoms with van der Waals surface area (Å²) in [6.07, 6.45) is 0. The van der Waals surface area contributed by atoms with E-state index in [0.717, 1.165) is 0 Å². The van der Waals surface area contributed by atoms with Crippen molar-refractivity contribution in [2.24, 2.45) is 0 Å². The van der Waals surface area contributed by atoms with Crippen LogP contribution in [-0.4, -0.2) is 23.4 Å². The molecule has 8 heteroatoms. The quantitative estimate of drug-likeness (QED) is 0.551. The molecule has 3 N–H and O–H groups in total. The van der Waals surface area contributed by atoms with E-state index in [1.54, 1.807) is 43.3 Å². The minimum Gasteiger partial charge on any atom is -0.370 e. The first-order chi connectivity index (χ1) is 12.0. The van der Waals surface area contributed by atoms with E-state index in [9.17, 15) is 19.7 Å². The average Bonchev–Trinajstić information content (AvgIpc) is 2.60. The van der Waals surface area contributed by atoms with Crippen molar-refractivity contribution >= 4 is 23.3 Å². The van der Waals surface area contributed by atoms with Crippen LogP contribution in [0, 0.1) is 10.1 Å². The zero-order valence-electron chi connectivity index (χ0n) is 13.6. The number of imide groups is 1. The van der Waals surface area contributed by atoms with Crippen molar-refractivity contribution in [1.82, 2.24) is 10.6 Å². The number of urea groups is 1. The van der Waals surface area contributed by atoms with Crippen molar-refractivity contribution in [3.05, 3.63) is 70.3 Å². The molecule has 0 aliphatic carbocycles. The Morgan fingerprint density at radius 3 is 2.48 bits per heavy atom. The predicted octanol–water partition coefficient (Wildman–Crippen LogP) is 2.59. The van der Waals surface area contributed by atoms with Crippen LogP contribution in [0.1, 0.15) is 18.5 Å². The molecule has 2 aromatic rings. The van der Waals surface area contributed by atoms with Crippen molar-refractivity contribution in [3.63, 3.8) is 0 Å². The number of benzene rings is 2. The van der Waals surface area contributed by atoms with Gasteiger partial charge in [-0.15, -0.1) is 0 Å². The van der Waals surface area contributed by atoms with Gasteiger partial charge in [0.05, 0.1) is 4.92 Å². The number of carbonyl (C=O) groups is 2. The number of nitrogens with zero attached hydrogens (tertiary/aromatic N) is 1. The molecule has 0 radical (unpaired) electrons. The van der Waals surface area contributed by atoms with E-state index in [2.05, 4.69) is 16.0 Å². The summed E-state index contributed by atoms with van der Waals surface area (Å²) in [7, 11) is 0. The van der Waals surface area contributed by atoms with Gasteiger partial charge in [0, 0.05) is 24.4 Å². The molecule has 0 aliphatic heterocycles. The van der Waals surface area contributed by atoms with Gasteiger partial charge in [0.25, 0.3) is 11.6 Å². The monoisotopic (exact) mass is 342 g/mol. The average molecular weight is 342 g/mol. The van der Waals surface area contributed by atoms with E-state index in [1.165, 1.54) is 18.2 Å². The molecule has 0 fully saturated rings. The van der Waals surface area contributed by atoms with Crippen LogP contribution in [0.5, 0.6) is 0 Å². The van der Waals surface area contributed by atoms with E-state index in [1.807, 2.05) is 0 Å². The Morgan fingerprint density at radius 2 is 1.84 bits per heavy atom. The van der Waals surface area contributed by atoms with Gasteiger partial charge in [-0.25, -0.2) is 4.79 Å². The maximum absolute atomic E-state index is 12.5. The second-order valence-electron chi connectivity index (χ2n) is 5.14. The summed E-state index contributed by atoms with van der Waals surface area (Å²) in [5.41, 5.74) is 0.922. The van der Waals surface area contributed by atoms with Gasteiger partial charge in [-0.2, -0.15) is 0 Å². The molecule has 2 rings (SSSR count). The highest BCUT2D eigenvalue weighted by atomic mass is 16.6. The number of nitro groups is 1. The number of amides is 3. The molecule has 0 spiro atoms. The molecule has 0 saturated heterocycles. The summed E-state index contributed by atoms with van der Waals surface area (Å²) in [6.45, 7) is 2.12. The van der Waals surface area contributed by atoms with Crippen molar-refractivity contribution in [1.29, 1.82) is 0 Å². The Bertz CT molecular complexity index is 764. The number of nitro benzene ring substituents is 1. The Kier molecular flexibility index (Phi) is 6.05. The maximum atomic E-state index is 12.5. The van der Waals surface area contributed by atoms with Gasteiger partial charge >= 0.3 is 6.03 Å². The summed E-state index contributed by atoms with van der Waals surface area (Å²) in [6, 6.07) is 13.1. The molecular weight excluding hydrogens is 324 g/mol. The standard InChI is InChI=1S/C17H18N4O4/c1-2-18-17(23)20-16(22)15(12-7-4-3-5-8-12)19-13-9-6-10-14(11-13)21(24)25/h3-11,15,19H,2H2,1H3,(H2,18,20,22,23)/t15-/m0/s1. The van der Waals surface area contributed by atoms with Crippen LogP contribution in [0.4, 0.5) is 16.2 Å². The van der Waals surface area contributed by atoms with Crippen LogP contribution < -0.4 is 16.0 Å². The molecule has 8 nitrogen and oxygen atoms in total. The number of rotatable bonds is 6. The van der Waals surface area contributed by atoms with Crippen LogP contribution in [-0.2, 0) is 4.79 Å². The van der Waals surface area contributed by atoms with E-state index in [-0.39, 0.29) is 5.69 Å². The highest BCUT2D eigenvalue weighted by Gasteiger charge is 2.22. The van der Waals surface area contributed by atoms with Crippen molar-refractivity contribution in [2.45, 2.75) is 13.0 Å². The van der Waals surface area contributed by atoms with E-state index in [4.69, 9.17) is 0 Å². The minimum absolute atomic E-state index is 0.0963. The first kappa shape index (κ1) is 17.9. The van der Waals surface area contributed by atoms with Crippen LogP contribution in [0.2, 0.25) is 0 Å². The largest absolute Gasteiger partial charge is 0.370 e. The van der Waals surface area contributed by atoms with Gasteiger partial charge in [0.2, 0.25) is 0 Å². The van der Waals surface area contributed by atoms with E-state index in [0.29, 0.717) is 17.8 Å². The van der Waals surface area contributed by atoms with Gasteiger partial charge in [-0.1, -0.05) is 36.4 Å². The van der Waals surface area contributed by atoms with E-state index < -0.39 is 22.9 Å². The fraction of sp³-hybridized carbons (Fsp3) is 0.176. The molecule has 0 aromatic heterocycles. The van der Waals surface area contributed by atoms with Gasteiger partial charge in [-0.3, -0.25) is 20.2 Å². The first-order valence-electron chi connectivity index (χ1n) is 7.66. The molecule has 0 heterocycles. The highest BCUT2D eigenvalue weighted by molar-refractivity contribution is 5.98. The molecule has 3 amide bonds. The molecule has 130 valence electrons. The third-order valence-electron chi connectivity index (χ3n) is 3.34. The van der Waals surface area contributed by atoms with Crippen molar-refractivity contribution in [2.75, 3.05) is 11.9 Å². The molecule has 1 atom stereocenters. The number of nitrogens with one attached hydrogen (secondary N) is 3. The number of non-ortho nitro benzene ring substituents is 1. The summed E-state index contributed by atoms with van der Waals surface area (Å²) in [5.74, 6) is -0.566. The zero-order valence-corrected chi connectivity index (χ0v) is 13.6. The van der Waals surface area contributed by atoms with Crippen LogP contribution in [0.3, 0.4) is 0 Å². The third kappa shape index (κ3) is 5.03. The summed E-state index contributed by atoms with van der Waals surface area (Å²) in [5, 5.41) is 18.6.